The Morgan fingerprint density at radius 3 is 2.43 bits per heavy atom. The van der Waals surface area contributed by atoms with Gasteiger partial charge in [-0.15, -0.1) is 11.8 Å². The lowest BCUT2D eigenvalue weighted by Crippen LogP contribution is -2.46. The summed E-state index contributed by atoms with van der Waals surface area (Å²) in [5.41, 5.74) is -0.323. The van der Waals surface area contributed by atoms with Crippen LogP contribution in [0.5, 0.6) is 0 Å². The molecular formula is C15H21N3O4S. The minimum Gasteiger partial charge on any atom is -0.350 e. The number of rotatable bonds is 5. The molecule has 1 N–H and O–H groups in total. The van der Waals surface area contributed by atoms with Crippen LogP contribution in [0.2, 0.25) is 0 Å². The number of nitrogens with zero attached hydrogens (tertiary/aromatic N) is 2. The van der Waals surface area contributed by atoms with Gasteiger partial charge in [-0.05, 0) is 39.2 Å². The number of nitro groups is 1. The van der Waals surface area contributed by atoms with Crippen molar-refractivity contribution in [1.29, 1.82) is 0 Å². The zero-order valence-corrected chi connectivity index (χ0v) is 14.7. The number of amides is 2. The maximum atomic E-state index is 12.3. The maximum Gasteiger partial charge on any atom is 0.283 e. The molecule has 0 heterocycles. The number of nitrogens with one attached hydrogen (secondary N) is 1. The number of carbonyl (C=O) groups is 2. The van der Waals surface area contributed by atoms with E-state index in [0.29, 0.717) is 4.90 Å². The van der Waals surface area contributed by atoms with E-state index < -0.39 is 10.8 Å². The van der Waals surface area contributed by atoms with Gasteiger partial charge in [0.15, 0.2) is 0 Å². The van der Waals surface area contributed by atoms with Crippen LogP contribution in [0, 0.1) is 10.1 Å². The highest BCUT2D eigenvalue weighted by molar-refractivity contribution is 7.98. The molecule has 0 atom stereocenters. The summed E-state index contributed by atoms with van der Waals surface area (Å²) in [6, 6.07) is 4.31. The van der Waals surface area contributed by atoms with Gasteiger partial charge in [-0.1, -0.05) is 0 Å². The molecule has 0 fully saturated rings. The molecule has 8 heteroatoms. The summed E-state index contributed by atoms with van der Waals surface area (Å²) in [6.45, 7) is 5.42. The normalized spacial score (nSPS) is 11.0. The summed E-state index contributed by atoms with van der Waals surface area (Å²) in [6.07, 6.45) is 1.73. The smallest absolute Gasteiger partial charge is 0.283 e. The lowest BCUT2D eigenvalue weighted by molar-refractivity contribution is -0.387. The second-order valence-electron chi connectivity index (χ2n) is 6.10. The van der Waals surface area contributed by atoms with Crippen molar-refractivity contribution in [3.05, 3.63) is 33.9 Å². The number of thioether (sulfide) groups is 1. The van der Waals surface area contributed by atoms with Crippen molar-refractivity contribution in [3.63, 3.8) is 0 Å². The van der Waals surface area contributed by atoms with E-state index in [2.05, 4.69) is 5.32 Å². The van der Waals surface area contributed by atoms with Crippen LogP contribution in [-0.4, -0.2) is 47.0 Å². The van der Waals surface area contributed by atoms with Gasteiger partial charge in [0.1, 0.15) is 0 Å². The highest BCUT2D eigenvalue weighted by Crippen LogP contribution is 2.28. The molecular weight excluding hydrogens is 318 g/mol. The highest BCUT2D eigenvalue weighted by Gasteiger charge is 2.21. The van der Waals surface area contributed by atoms with Crippen molar-refractivity contribution in [2.45, 2.75) is 31.2 Å². The van der Waals surface area contributed by atoms with Gasteiger partial charge in [0.2, 0.25) is 5.91 Å². The van der Waals surface area contributed by atoms with E-state index in [1.807, 2.05) is 20.8 Å². The zero-order valence-electron chi connectivity index (χ0n) is 13.9. The average Bonchev–Trinajstić information content (AvgIpc) is 2.43. The molecule has 0 aliphatic heterocycles. The molecule has 0 aromatic heterocycles. The third kappa shape index (κ3) is 5.55. The number of hydrogen-bond donors (Lipinski definition) is 1. The van der Waals surface area contributed by atoms with Crippen LogP contribution >= 0.6 is 11.8 Å². The van der Waals surface area contributed by atoms with Gasteiger partial charge in [0.25, 0.3) is 11.6 Å². The van der Waals surface area contributed by atoms with E-state index in [9.17, 15) is 19.7 Å². The predicted octanol–water partition coefficient (Wildman–Crippen LogP) is 2.30. The first-order chi connectivity index (χ1) is 10.5. The van der Waals surface area contributed by atoms with Crippen LogP contribution < -0.4 is 5.32 Å². The molecule has 0 radical (unpaired) electrons. The molecule has 0 unspecified atom stereocenters. The van der Waals surface area contributed by atoms with E-state index in [1.165, 1.54) is 35.8 Å². The summed E-state index contributed by atoms with van der Waals surface area (Å²) in [7, 11) is 1.49. The van der Waals surface area contributed by atoms with Crippen molar-refractivity contribution < 1.29 is 14.5 Å². The van der Waals surface area contributed by atoms with Crippen molar-refractivity contribution in [3.8, 4) is 0 Å². The second kappa shape index (κ2) is 7.45. The van der Waals surface area contributed by atoms with E-state index in [4.69, 9.17) is 0 Å². The van der Waals surface area contributed by atoms with Gasteiger partial charge in [-0.2, -0.15) is 0 Å². The van der Waals surface area contributed by atoms with E-state index >= 15 is 0 Å². The van der Waals surface area contributed by atoms with Crippen LogP contribution in [-0.2, 0) is 4.79 Å². The lowest BCUT2D eigenvalue weighted by atomic mass is 10.1. The van der Waals surface area contributed by atoms with Gasteiger partial charge in [0, 0.05) is 24.2 Å². The molecule has 0 saturated heterocycles. The van der Waals surface area contributed by atoms with Crippen LogP contribution in [0.25, 0.3) is 0 Å². The Morgan fingerprint density at radius 1 is 1.35 bits per heavy atom. The summed E-state index contributed by atoms with van der Waals surface area (Å²) in [5, 5.41) is 13.8. The number of likely N-dealkylation sites (N-methyl/N-ethyl adjacent to an activating group) is 1. The SMILES string of the molecule is CSc1ccc(C(=O)N(C)CC(=O)NC(C)(C)C)cc1[N+](=O)[O-]. The predicted molar refractivity (Wildman–Crippen MR) is 89.7 cm³/mol. The van der Waals surface area contributed by atoms with E-state index in [0.717, 1.165) is 0 Å². The quantitative estimate of drug-likeness (QED) is 0.505. The molecule has 7 nitrogen and oxygen atoms in total. The van der Waals surface area contributed by atoms with Gasteiger partial charge < -0.3 is 10.2 Å². The second-order valence-corrected chi connectivity index (χ2v) is 6.95. The first-order valence-corrected chi connectivity index (χ1v) is 8.16. The number of carbonyl (C=O) groups excluding carboxylic acids is 2. The molecule has 0 bridgehead atoms. The largest absolute Gasteiger partial charge is 0.350 e. The Kier molecular flexibility index (Phi) is 6.14. The summed E-state index contributed by atoms with van der Waals surface area (Å²) >= 11 is 1.24. The Labute approximate surface area is 139 Å². The molecule has 1 aromatic carbocycles. The monoisotopic (exact) mass is 339 g/mol. The van der Waals surface area contributed by atoms with Crippen molar-refractivity contribution in [2.75, 3.05) is 19.8 Å². The Morgan fingerprint density at radius 2 is 1.96 bits per heavy atom. The maximum absolute atomic E-state index is 12.3. The van der Waals surface area contributed by atoms with Crippen molar-refractivity contribution >= 4 is 29.3 Å². The third-order valence-electron chi connectivity index (χ3n) is 2.86. The summed E-state index contributed by atoms with van der Waals surface area (Å²) in [4.78, 5) is 36.5. The van der Waals surface area contributed by atoms with Gasteiger partial charge in [0.05, 0.1) is 16.4 Å². The molecule has 0 spiro atoms. The van der Waals surface area contributed by atoms with Crippen LogP contribution in [0.3, 0.4) is 0 Å². The van der Waals surface area contributed by atoms with Crippen LogP contribution in [0.4, 0.5) is 5.69 Å². The fraction of sp³-hybridized carbons (Fsp3) is 0.467. The highest BCUT2D eigenvalue weighted by atomic mass is 32.2. The van der Waals surface area contributed by atoms with Crippen LogP contribution in [0.15, 0.2) is 23.1 Å². The molecule has 2 amide bonds. The minimum atomic E-state index is -0.519. The molecule has 126 valence electrons. The molecule has 1 aromatic rings. The summed E-state index contributed by atoms with van der Waals surface area (Å²) in [5.74, 6) is -0.728. The number of nitro benzene ring substituents is 1. The molecule has 23 heavy (non-hydrogen) atoms. The molecule has 0 saturated carbocycles. The number of benzene rings is 1. The zero-order chi connectivity index (χ0) is 17.8. The first kappa shape index (κ1) is 19.0. The number of hydrogen-bond acceptors (Lipinski definition) is 5. The van der Waals surface area contributed by atoms with Gasteiger partial charge in [-0.3, -0.25) is 19.7 Å². The van der Waals surface area contributed by atoms with E-state index in [-0.39, 0.29) is 29.2 Å². The molecule has 1 rings (SSSR count). The van der Waals surface area contributed by atoms with Gasteiger partial charge in [-0.25, -0.2) is 0 Å². The molecule has 0 aliphatic rings. The third-order valence-corrected chi connectivity index (χ3v) is 3.65. The molecule has 0 aliphatic carbocycles. The Balaban J connectivity index is 2.90. The average molecular weight is 339 g/mol. The Hall–Kier alpha value is -2.09. The van der Waals surface area contributed by atoms with Crippen molar-refractivity contribution in [1.82, 2.24) is 10.2 Å². The van der Waals surface area contributed by atoms with Crippen LogP contribution in [0.1, 0.15) is 31.1 Å². The topological polar surface area (TPSA) is 92.6 Å². The first-order valence-electron chi connectivity index (χ1n) is 6.94. The summed E-state index contributed by atoms with van der Waals surface area (Å²) < 4.78 is 0. The minimum absolute atomic E-state index is 0.115. The fourth-order valence-electron chi connectivity index (χ4n) is 1.93. The Bertz CT molecular complexity index is 626. The van der Waals surface area contributed by atoms with E-state index in [1.54, 1.807) is 12.3 Å². The van der Waals surface area contributed by atoms with Crippen molar-refractivity contribution in [2.24, 2.45) is 0 Å². The van der Waals surface area contributed by atoms with Gasteiger partial charge >= 0.3 is 0 Å². The standard InChI is InChI=1S/C15H21N3O4S/c1-15(2,3)16-13(19)9-17(4)14(20)10-6-7-12(23-5)11(8-10)18(21)22/h6-8H,9H2,1-5H3,(H,16,19). The fourth-order valence-corrected chi connectivity index (χ4v) is 2.48. The lowest BCUT2D eigenvalue weighted by Gasteiger charge is -2.23.